The number of rotatable bonds is 11. The van der Waals surface area contributed by atoms with E-state index in [1.54, 1.807) is 0 Å². The van der Waals surface area contributed by atoms with Gasteiger partial charge < -0.3 is 18.3 Å². The number of nitrogens with zero attached hydrogens (tertiary/aromatic N) is 8. The fraction of sp³-hybridized carbons (Fsp3) is 0. The second-order valence-corrected chi connectivity index (χ2v) is 30.1. The zero-order valence-corrected chi connectivity index (χ0v) is 61.7. The van der Waals surface area contributed by atoms with Crippen LogP contribution in [0.5, 0.6) is 0 Å². The second-order valence-electron chi connectivity index (χ2n) is 30.1. The lowest BCUT2D eigenvalue weighted by Gasteiger charge is -2.14. The predicted molar refractivity (Wildman–Crippen MR) is 475 cm³/mol. The number of hydrogen-bond donors (Lipinski definition) is 0. The Balaban J connectivity index is 0.627. The van der Waals surface area contributed by atoms with Crippen LogP contribution < -0.4 is 0 Å². The highest BCUT2D eigenvalue weighted by molar-refractivity contribution is 6.18. The summed E-state index contributed by atoms with van der Waals surface area (Å²) in [5, 5.41) is 14.2. The summed E-state index contributed by atoms with van der Waals surface area (Å²) in [7, 11) is 0. The summed E-state index contributed by atoms with van der Waals surface area (Å²) in [6.45, 7) is 0. The molecule has 7 aromatic heterocycles. The highest BCUT2D eigenvalue weighted by atomic mass is 15.2. The van der Waals surface area contributed by atoms with Crippen LogP contribution in [-0.2, 0) is 0 Å². The van der Waals surface area contributed by atoms with Crippen molar-refractivity contribution in [1.82, 2.24) is 37.4 Å². The topological polar surface area (TPSA) is 55.4 Å². The molecule has 0 aliphatic carbocycles. The van der Waals surface area contributed by atoms with E-state index >= 15 is 0 Å². The molecule has 0 aliphatic heterocycles. The molecule has 0 radical (unpaired) electrons. The third-order valence-corrected chi connectivity index (χ3v) is 23.8. The van der Waals surface area contributed by atoms with Gasteiger partial charge in [0, 0.05) is 99.0 Å². The van der Waals surface area contributed by atoms with Gasteiger partial charge in [0.15, 0.2) is 0 Å². The van der Waals surface area contributed by atoms with Crippen LogP contribution in [0.15, 0.2) is 400 Å². The Morgan fingerprint density at radius 1 is 0.140 bits per heavy atom. The van der Waals surface area contributed by atoms with E-state index in [9.17, 15) is 0 Å². The smallest absolute Gasteiger partial charge is 0.237 e. The summed E-state index contributed by atoms with van der Waals surface area (Å²) in [5.74, 6) is 1.36. The average Bonchev–Trinajstić information content (AvgIpc) is 1.65. The van der Waals surface area contributed by atoms with Crippen molar-refractivity contribution >= 4 is 131 Å². The van der Waals surface area contributed by atoms with E-state index in [1.165, 1.54) is 87.4 Å². The molecule has 0 aliphatic rings. The summed E-state index contributed by atoms with van der Waals surface area (Å²) in [6.07, 6.45) is 0. The van der Waals surface area contributed by atoms with Crippen LogP contribution >= 0.6 is 0 Å². The number of aromatic nitrogens is 8. The predicted octanol–water partition coefficient (Wildman–Crippen LogP) is 27.4. The third-order valence-electron chi connectivity index (χ3n) is 23.8. The van der Waals surface area contributed by atoms with Crippen molar-refractivity contribution in [3.63, 3.8) is 0 Å². The molecule has 0 spiro atoms. The lowest BCUT2D eigenvalue weighted by Crippen LogP contribution is -2.07. The third kappa shape index (κ3) is 9.78. The molecule has 114 heavy (non-hydrogen) atoms. The first-order valence-corrected chi connectivity index (χ1v) is 39.0. The molecule has 0 saturated carbocycles. The van der Waals surface area contributed by atoms with E-state index < -0.39 is 0 Å². The zero-order chi connectivity index (χ0) is 74.6. The molecule has 24 aromatic rings. The Labute approximate surface area is 654 Å². The Morgan fingerprint density at radius 3 is 0.640 bits per heavy atom. The van der Waals surface area contributed by atoms with Crippen LogP contribution in [0.1, 0.15) is 0 Å². The highest BCUT2D eigenvalue weighted by Crippen LogP contribution is 2.46. The Hall–Kier alpha value is -15.4. The number of hydrogen-bond acceptors (Lipinski definition) is 2. The van der Waals surface area contributed by atoms with Crippen molar-refractivity contribution in [2.45, 2.75) is 0 Å². The van der Waals surface area contributed by atoms with Crippen LogP contribution in [0, 0.1) is 0 Å². The molecule has 7 heterocycles. The largest absolute Gasteiger partial charge is 0.309 e. The molecule has 0 bridgehead atoms. The van der Waals surface area contributed by atoms with E-state index in [2.05, 4.69) is 428 Å². The Bertz CT molecular complexity index is 7620. The maximum atomic E-state index is 5.74. The van der Waals surface area contributed by atoms with Crippen LogP contribution in [0.3, 0.4) is 0 Å². The number of benzene rings is 17. The van der Waals surface area contributed by atoms with Crippen molar-refractivity contribution < 1.29 is 0 Å². The van der Waals surface area contributed by atoms with Crippen LogP contribution in [0.25, 0.3) is 221 Å². The van der Waals surface area contributed by atoms with Crippen molar-refractivity contribution in [2.24, 2.45) is 0 Å². The quantitative estimate of drug-likeness (QED) is 0.130. The zero-order valence-electron chi connectivity index (χ0n) is 61.7. The molecule has 530 valence electrons. The molecule has 17 aromatic carbocycles. The van der Waals surface area contributed by atoms with Crippen LogP contribution in [-0.4, -0.2) is 37.4 Å². The van der Waals surface area contributed by atoms with Gasteiger partial charge >= 0.3 is 0 Å². The normalized spacial score (nSPS) is 12.0. The van der Waals surface area contributed by atoms with E-state index in [-0.39, 0.29) is 0 Å². The van der Waals surface area contributed by atoms with Gasteiger partial charge in [0.25, 0.3) is 0 Å². The van der Waals surface area contributed by atoms with E-state index in [4.69, 9.17) is 9.97 Å². The molecule has 0 unspecified atom stereocenters. The SMILES string of the molecule is c1ccc(-c2cc(-n3c4ccccc4c4cc(-c5ccc6c(c5)c5cc(-c7ccc8c(c7)c7ccccc7n8-c7ccccc7)ccc5n6-c5ccccc5)ccc43)nc(-n3c4ccccc4c4cc(-c5ccc6c(c5)c5cc(-c7ccc8c(c7)c7ccccc7n8-c7ccccc7)ccc5n6-c5ccccc5)ccc43)n2)cc1. The minimum absolute atomic E-state index is 0.585. The summed E-state index contributed by atoms with van der Waals surface area (Å²) < 4.78 is 14.2. The van der Waals surface area contributed by atoms with E-state index in [0.717, 1.165) is 128 Å². The molecule has 0 fully saturated rings. The summed E-state index contributed by atoms with van der Waals surface area (Å²) >= 11 is 0. The number of fused-ring (bicyclic) bond motifs is 18. The van der Waals surface area contributed by atoms with Crippen molar-refractivity contribution in [3.8, 4) is 90.3 Å². The van der Waals surface area contributed by atoms with Crippen LogP contribution in [0.4, 0.5) is 0 Å². The van der Waals surface area contributed by atoms with Gasteiger partial charge in [-0.25, -0.2) is 4.98 Å². The molecular weight excluding hydrogens is 1390 g/mol. The van der Waals surface area contributed by atoms with E-state index in [0.29, 0.717) is 5.95 Å². The fourth-order valence-corrected chi connectivity index (χ4v) is 18.7. The first-order valence-electron chi connectivity index (χ1n) is 39.0. The summed E-state index contributed by atoms with van der Waals surface area (Å²) in [6, 6.07) is 146. The highest BCUT2D eigenvalue weighted by Gasteiger charge is 2.25. The standard InChI is InChI=1S/C106H66N8/c1-6-24-67(25-7-1)92-66-105(113-95-40-22-18-36-82(95)86-60-70(48-56-103(86)113)74-46-54-101-90(64-74)88-62-72(44-52-99(88)111(101)78-30-12-4-13-31-78)68-42-50-97-84(58-68)80-34-16-20-38-93(80)109(97)76-26-8-2-9-27-76)108-106(107-92)114-96-41-23-19-37-83(96)87-61-71(49-57-104(87)114)75-47-55-102-91(65-75)89-63-73(45-53-100(89)112(102)79-32-14-5-15-33-79)69-43-51-98-85(59-69)81-35-17-21-39-94(81)110(98)77-28-10-3-11-29-77/h1-66H. The Morgan fingerprint density at radius 2 is 0.351 bits per heavy atom. The van der Waals surface area contributed by atoms with Crippen molar-refractivity contribution in [1.29, 1.82) is 0 Å². The fourth-order valence-electron chi connectivity index (χ4n) is 18.7. The van der Waals surface area contributed by atoms with Crippen molar-refractivity contribution in [3.05, 3.63) is 400 Å². The lowest BCUT2D eigenvalue weighted by molar-refractivity contribution is 0.952. The van der Waals surface area contributed by atoms with Gasteiger partial charge in [0.1, 0.15) is 5.82 Å². The van der Waals surface area contributed by atoms with Gasteiger partial charge in [0.05, 0.1) is 71.9 Å². The molecule has 24 rings (SSSR count). The minimum Gasteiger partial charge on any atom is -0.309 e. The van der Waals surface area contributed by atoms with Gasteiger partial charge in [-0.1, -0.05) is 224 Å². The van der Waals surface area contributed by atoms with Gasteiger partial charge in [-0.3, -0.25) is 9.13 Å². The molecule has 8 heteroatoms. The van der Waals surface area contributed by atoms with E-state index in [1.807, 2.05) is 0 Å². The summed E-state index contributed by atoms with van der Waals surface area (Å²) in [4.78, 5) is 11.3. The molecule has 8 nitrogen and oxygen atoms in total. The van der Waals surface area contributed by atoms with Gasteiger partial charge in [-0.05, 0) is 214 Å². The second kappa shape index (κ2) is 25.1. The molecular formula is C106H66N8. The minimum atomic E-state index is 0.585. The molecule has 0 saturated heterocycles. The maximum absolute atomic E-state index is 5.74. The first kappa shape index (κ1) is 63.5. The molecule has 0 amide bonds. The maximum Gasteiger partial charge on any atom is 0.237 e. The van der Waals surface area contributed by atoms with Gasteiger partial charge in [-0.2, -0.15) is 4.98 Å². The monoisotopic (exact) mass is 1450 g/mol. The van der Waals surface area contributed by atoms with Gasteiger partial charge in [0.2, 0.25) is 5.95 Å². The Kier molecular flexibility index (Phi) is 14.0. The molecule has 0 N–H and O–H groups in total. The average molecular weight is 1450 g/mol. The lowest BCUT2D eigenvalue weighted by atomic mass is 9.98. The van der Waals surface area contributed by atoms with Crippen molar-refractivity contribution in [2.75, 3.05) is 0 Å². The molecule has 0 atom stereocenters. The van der Waals surface area contributed by atoms with Crippen LogP contribution in [0.2, 0.25) is 0 Å². The number of para-hydroxylation sites is 8. The first-order chi connectivity index (χ1) is 56.5. The summed E-state index contributed by atoms with van der Waals surface area (Å²) in [5.41, 5.74) is 29.1. The van der Waals surface area contributed by atoms with Gasteiger partial charge in [-0.15, -0.1) is 0 Å².